The Hall–Kier alpha value is -1.51. The van der Waals surface area contributed by atoms with Crippen LogP contribution < -0.4 is 4.74 Å². The second kappa shape index (κ2) is 8.71. The lowest BCUT2D eigenvalue weighted by molar-refractivity contribution is 0.285. The molecule has 2 aromatic rings. The molecular weight excluding hydrogens is 282 g/mol. The molecule has 21 heavy (non-hydrogen) atoms. The van der Waals surface area contributed by atoms with Gasteiger partial charge in [-0.05, 0) is 29.7 Å². The Morgan fingerprint density at radius 1 is 0.905 bits per heavy atom. The van der Waals surface area contributed by atoms with Crippen molar-refractivity contribution in [3.05, 3.63) is 65.7 Å². The van der Waals surface area contributed by atoms with Crippen molar-refractivity contribution < 1.29 is 4.74 Å². The van der Waals surface area contributed by atoms with E-state index in [-0.39, 0.29) is 0 Å². The molecule has 2 rings (SSSR count). The van der Waals surface area contributed by atoms with E-state index < -0.39 is 0 Å². The summed E-state index contributed by atoms with van der Waals surface area (Å²) in [6, 6.07) is 18.8. The maximum absolute atomic E-state index is 5.93. The van der Waals surface area contributed by atoms with E-state index in [0.29, 0.717) is 5.88 Å². The second-order valence-electron chi connectivity index (χ2n) is 5.05. The average molecular weight is 304 g/mol. The number of hydrogen-bond acceptors (Lipinski definition) is 2. The lowest BCUT2D eigenvalue weighted by Gasteiger charge is -2.21. The molecular formula is C18H22ClNO. The van der Waals surface area contributed by atoms with Crippen LogP contribution in [0.1, 0.15) is 11.1 Å². The van der Waals surface area contributed by atoms with Gasteiger partial charge in [0, 0.05) is 25.5 Å². The van der Waals surface area contributed by atoms with Gasteiger partial charge in [0.05, 0.1) is 7.11 Å². The van der Waals surface area contributed by atoms with Crippen molar-refractivity contribution in [3.8, 4) is 5.75 Å². The first-order valence-corrected chi connectivity index (χ1v) is 7.80. The predicted molar refractivity (Wildman–Crippen MR) is 89.1 cm³/mol. The molecule has 0 saturated carbocycles. The highest BCUT2D eigenvalue weighted by Gasteiger charge is 2.06. The molecule has 0 radical (unpaired) electrons. The number of halogens is 1. The van der Waals surface area contributed by atoms with E-state index in [1.54, 1.807) is 7.11 Å². The maximum atomic E-state index is 5.93. The third kappa shape index (κ3) is 5.41. The first-order chi connectivity index (χ1) is 10.3. The molecule has 0 N–H and O–H groups in total. The van der Waals surface area contributed by atoms with Crippen LogP contribution in [0.15, 0.2) is 54.6 Å². The van der Waals surface area contributed by atoms with E-state index in [2.05, 4.69) is 41.3 Å². The van der Waals surface area contributed by atoms with Gasteiger partial charge in [-0.2, -0.15) is 0 Å². The summed E-state index contributed by atoms with van der Waals surface area (Å²) in [4.78, 5) is 2.40. The molecule has 0 amide bonds. The van der Waals surface area contributed by atoms with Gasteiger partial charge in [-0.15, -0.1) is 11.6 Å². The Kier molecular flexibility index (Phi) is 6.58. The van der Waals surface area contributed by atoms with Crippen molar-refractivity contribution >= 4 is 11.6 Å². The van der Waals surface area contributed by atoms with Gasteiger partial charge in [-0.1, -0.05) is 42.5 Å². The Balaban J connectivity index is 1.89. The molecule has 0 bridgehead atoms. The van der Waals surface area contributed by atoms with Gasteiger partial charge in [-0.25, -0.2) is 0 Å². The highest BCUT2D eigenvalue weighted by molar-refractivity contribution is 6.18. The summed E-state index contributed by atoms with van der Waals surface area (Å²) >= 11 is 5.93. The number of methoxy groups -OCH3 is 1. The summed E-state index contributed by atoms with van der Waals surface area (Å²) in [5.41, 5.74) is 2.65. The van der Waals surface area contributed by atoms with E-state index in [4.69, 9.17) is 16.3 Å². The fourth-order valence-corrected chi connectivity index (χ4v) is 2.55. The molecule has 0 fully saturated rings. The Morgan fingerprint density at radius 2 is 1.62 bits per heavy atom. The van der Waals surface area contributed by atoms with Gasteiger partial charge in [0.25, 0.3) is 0 Å². The minimum Gasteiger partial charge on any atom is -0.497 e. The standard InChI is InChI=1S/C18H22ClNO/c1-21-18-9-7-16(8-10-18)11-13-20(14-12-19)15-17-5-3-2-4-6-17/h2-10H,11-15H2,1H3. The van der Waals surface area contributed by atoms with Gasteiger partial charge in [-0.3, -0.25) is 4.90 Å². The largest absolute Gasteiger partial charge is 0.497 e. The minimum atomic E-state index is 0.662. The predicted octanol–water partition coefficient (Wildman–Crippen LogP) is 3.98. The van der Waals surface area contributed by atoms with E-state index >= 15 is 0 Å². The normalized spacial score (nSPS) is 10.8. The molecule has 0 unspecified atom stereocenters. The van der Waals surface area contributed by atoms with Crippen molar-refractivity contribution in [2.75, 3.05) is 26.1 Å². The zero-order chi connectivity index (χ0) is 14.9. The summed E-state index contributed by atoms with van der Waals surface area (Å²) in [6.07, 6.45) is 1.02. The smallest absolute Gasteiger partial charge is 0.118 e. The third-order valence-electron chi connectivity index (χ3n) is 3.53. The van der Waals surface area contributed by atoms with Crippen LogP contribution in [0.2, 0.25) is 0 Å². The summed E-state index contributed by atoms with van der Waals surface area (Å²) in [5, 5.41) is 0. The van der Waals surface area contributed by atoms with Crippen LogP contribution >= 0.6 is 11.6 Å². The number of hydrogen-bond donors (Lipinski definition) is 0. The molecule has 2 nitrogen and oxygen atoms in total. The summed E-state index contributed by atoms with van der Waals surface area (Å²) < 4.78 is 5.18. The molecule has 0 atom stereocenters. The van der Waals surface area contributed by atoms with Crippen LogP contribution in [0.5, 0.6) is 5.75 Å². The van der Waals surface area contributed by atoms with Crippen molar-refractivity contribution in [2.45, 2.75) is 13.0 Å². The van der Waals surface area contributed by atoms with E-state index in [9.17, 15) is 0 Å². The van der Waals surface area contributed by atoms with Crippen molar-refractivity contribution in [1.82, 2.24) is 4.90 Å². The topological polar surface area (TPSA) is 12.5 Å². The minimum absolute atomic E-state index is 0.662. The second-order valence-corrected chi connectivity index (χ2v) is 5.43. The summed E-state index contributed by atoms with van der Waals surface area (Å²) in [7, 11) is 1.69. The average Bonchev–Trinajstić information content (AvgIpc) is 2.54. The van der Waals surface area contributed by atoms with Crippen molar-refractivity contribution in [3.63, 3.8) is 0 Å². The Labute approximate surface area is 132 Å². The van der Waals surface area contributed by atoms with Gasteiger partial charge >= 0.3 is 0 Å². The van der Waals surface area contributed by atoms with Crippen LogP contribution in [0.4, 0.5) is 0 Å². The highest BCUT2D eigenvalue weighted by Crippen LogP contribution is 2.13. The highest BCUT2D eigenvalue weighted by atomic mass is 35.5. The molecule has 0 spiro atoms. The molecule has 112 valence electrons. The van der Waals surface area contributed by atoms with Crippen molar-refractivity contribution in [2.24, 2.45) is 0 Å². The first kappa shape index (κ1) is 15.9. The first-order valence-electron chi connectivity index (χ1n) is 7.27. The fourth-order valence-electron chi connectivity index (χ4n) is 2.31. The molecule has 3 heteroatoms. The van der Waals surface area contributed by atoms with E-state index in [0.717, 1.165) is 31.8 Å². The summed E-state index contributed by atoms with van der Waals surface area (Å²) in [6.45, 7) is 2.87. The van der Waals surface area contributed by atoms with E-state index in [1.165, 1.54) is 11.1 Å². The third-order valence-corrected chi connectivity index (χ3v) is 3.69. The van der Waals surface area contributed by atoms with Gasteiger partial charge < -0.3 is 4.74 Å². The number of ether oxygens (including phenoxy) is 1. The zero-order valence-corrected chi connectivity index (χ0v) is 13.2. The monoisotopic (exact) mass is 303 g/mol. The quantitative estimate of drug-likeness (QED) is 0.684. The molecule has 0 aliphatic rings. The van der Waals surface area contributed by atoms with Crippen molar-refractivity contribution in [1.29, 1.82) is 0 Å². The van der Waals surface area contributed by atoms with Crippen LogP contribution in [0, 0.1) is 0 Å². The lowest BCUT2D eigenvalue weighted by Crippen LogP contribution is -2.27. The molecule has 2 aromatic carbocycles. The van der Waals surface area contributed by atoms with Gasteiger partial charge in [0.15, 0.2) is 0 Å². The number of alkyl halides is 1. The molecule has 0 heterocycles. The Morgan fingerprint density at radius 3 is 2.24 bits per heavy atom. The van der Waals surface area contributed by atoms with Gasteiger partial charge in [0.2, 0.25) is 0 Å². The van der Waals surface area contributed by atoms with Crippen LogP contribution in [0.3, 0.4) is 0 Å². The summed E-state index contributed by atoms with van der Waals surface area (Å²) in [5.74, 6) is 1.57. The fraction of sp³-hybridized carbons (Fsp3) is 0.333. The maximum Gasteiger partial charge on any atom is 0.118 e. The Bertz CT molecular complexity index is 513. The number of nitrogens with zero attached hydrogens (tertiary/aromatic N) is 1. The molecule has 0 saturated heterocycles. The van der Waals surface area contributed by atoms with Crippen LogP contribution in [0.25, 0.3) is 0 Å². The lowest BCUT2D eigenvalue weighted by atomic mass is 10.1. The number of benzene rings is 2. The van der Waals surface area contributed by atoms with Crippen LogP contribution in [-0.2, 0) is 13.0 Å². The van der Waals surface area contributed by atoms with Crippen LogP contribution in [-0.4, -0.2) is 31.0 Å². The van der Waals surface area contributed by atoms with Gasteiger partial charge in [0.1, 0.15) is 5.75 Å². The van der Waals surface area contributed by atoms with E-state index in [1.807, 2.05) is 18.2 Å². The SMILES string of the molecule is COc1ccc(CCN(CCCl)Cc2ccccc2)cc1. The molecule has 0 aromatic heterocycles. The molecule has 0 aliphatic carbocycles. The zero-order valence-electron chi connectivity index (χ0n) is 12.5. The number of rotatable bonds is 8. The molecule has 0 aliphatic heterocycles.